The van der Waals surface area contributed by atoms with Gasteiger partial charge in [0.25, 0.3) is 10.0 Å². The summed E-state index contributed by atoms with van der Waals surface area (Å²) >= 11 is 0. The van der Waals surface area contributed by atoms with Gasteiger partial charge in [0.15, 0.2) is 11.6 Å². The monoisotopic (exact) mass is 385 g/mol. The van der Waals surface area contributed by atoms with Gasteiger partial charge in [0, 0.05) is 0 Å². The number of carbonyl (C=O) groups excluding carboxylic acids is 1. The summed E-state index contributed by atoms with van der Waals surface area (Å²) in [6, 6.07) is 8.03. The van der Waals surface area contributed by atoms with Crippen LogP contribution in [0, 0.1) is 11.6 Å². The summed E-state index contributed by atoms with van der Waals surface area (Å²) in [5, 5.41) is 0. The molecule has 26 heavy (non-hydrogen) atoms. The SMILES string of the molecule is CCOC(=O)CN(c1ccccc1F)S(=O)(=O)c1ccc(OC)c(F)c1. The van der Waals surface area contributed by atoms with Crippen molar-refractivity contribution < 1.29 is 31.5 Å². The molecule has 140 valence electrons. The Balaban J connectivity index is 2.54. The normalized spacial score (nSPS) is 11.1. The lowest BCUT2D eigenvalue weighted by atomic mass is 10.3. The third kappa shape index (κ3) is 4.10. The van der Waals surface area contributed by atoms with Gasteiger partial charge in [-0.2, -0.15) is 0 Å². The maximum absolute atomic E-state index is 14.2. The maximum atomic E-state index is 14.2. The molecule has 0 aliphatic heterocycles. The van der Waals surface area contributed by atoms with Gasteiger partial charge in [-0.3, -0.25) is 9.10 Å². The molecule has 6 nitrogen and oxygen atoms in total. The molecule has 0 spiro atoms. The molecule has 0 saturated heterocycles. The zero-order chi connectivity index (χ0) is 19.3. The van der Waals surface area contributed by atoms with E-state index in [-0.39, 0.29) is 18.0 Å². The predicted molar refractivity (Wildman–Crippen MR) is 90.5 cm³/mol. The molecule has 0 unspecified atom stereocenters. The van der Waals surface area contributed by atoms with E-state index >= 15 is 0 Å². The Kier molecular flexibility index (Phi) is 6.14. The van der Waals surface area contributed by atoms with E-state index in [4.69, 9.17) is 9.47 Å². The number of hydrogen-bond acceptors (Lipinski definition) is 5. The van der Waals surface area contributed by atoms with E-state index in [1.807, 2.05) is 0 Å². The maximum Gasteiger partial charge on any atom is 0.326 e. The quantitative estimate of drug-likeness (QED) is 0.686. The predicted octanol–water partition coefficient (Wildman–Crippen LogP) is 2.73. The van der Waals surface area contributed by atoms with Crippen molar-refractivity contribution in [1.82, 2.24) is 0 Å². The Hall–Kier alpha value is -2.68. The zero-order valence-electron chi connectivity index (χ0n) is 14.1. The van der Waals surface area contributed by atoms with Gasteiger partial charge in [0.05, 0.1) is 24.3 Å². The summed E-state index contributed by atoms with van der Waals surface area (Å²) in [7, 11) is -3.21. The summed E-state index contributed by atoms with van der Waals surface area (Å²) in [5.74, 6) is -2.77. The smallest absolute Gasteiger partial charge is 0.326 e. The van der Waals surface area contributed by atoms with Crippen LogP contribution in [0.2, 0.25) is 0 Å². The van der Waals surface area contributed by atoms with E-state index in [2.05, 4.69) is 0 Å². The van der Waals surface area contributed by atoms with E-state index in [1.54, 1.807) is 6.92 Å². The summed E-state index contributed by atoms with van der Waals surface area (Å²) in [6.45, 7) is 0.824. The minimum Gasteiger partial charge on any atom is -0.494 e. The number of hydrogen-bond donors (Lipinski definition) is 0. The van der Waals surface area contributed by atoms with E-state index in [0.29, 0.717) is 4.31 Å². The zero-order valence-corrected chi connectivity index (χ0v) is 14.9. The van der Waals surface area contributed by atoms with Crippen LogP contribution < -0.4 is 9.04 Å². The number of ether oxygens (including phenoxy) is 2. The number of anilines is 1. The molecular weight excluding hydrogens is 368 g/mol. The van der Waals surface area contributed by atoms with Crippen molar-refractivity contribution in [1.29, 1.82) is 0 Å². The molecule has 0 saturated carbocycles. The Morgan fingerprint density at radius 2 is 1.81 bits per heavy atom. The molecule has 9 heteroatoms. The first-order chi connectivity index (χ1) is 12.3. The van der Waals surface area contributed by atoms with Crippen molar-refractivity contribution in [2.45, 2.75) is 11.8 Å². The van der Waals surface area contributed by atoms with E-state index < -0.39 is 39.1 Å². The molecule has 2 rings (SSSR count). The van der Waals surface area contributed by atoms with Crippen molar-refractivity contribution in [3.8, 4) is 5.75 Å². The van der Waals surface area contributed by atoms with Crippen molar-refractivity contribution in [3.05, 3.63) is 54.1 Å². The first-order valence-corrected chi connectivity index (χ1v) is 9.01. The fourth-order valence-corrected chi connectivity index (χ4v) is 3.64. The van der Waals surface area contributed by atoms with Crippen LogP contribution >= 0.6 is 0 Å². The summed E-state index contributed by atoms with van der Waals surface area (Å²) in [5.41, 5.74) is -0.350. The van der Waals surface area contributed by atoms with Gasteiger partial charge in [0.1, 0.15) is 12.4 Å². The lowest BCUT2D eigenvalue weighted by Gasteiger charge is -2.24. The van der Waals surface area contributed by atoms with E-state index in [1.165, 1.54) is 25.3 Å². The van der Waals surface area contributed by atoms with Crippen LogP contribution in [0.15, 0.2) is 47.4 Å². The molecular formula is C17H17F2NO5S. The Bertz CT molecular complexity index is 902. The first-order valence-electron chi connectivity index (χ1n) is 7.57. The number of esters is 1. The lowest BCUT2D eigenvalue weighted by molar-refractivity contribution is -0.141. The van der Waals surface area contributed by atoms with Crippen LogP contribution in [0.3, 0.4) is 0 Å². The van der Waals surface area contributed by atoms with Crippen LogP contribution in [0.5, 0.6) is 5.75 Å². The molecule has 0 N–H and O–H groups in total. The second-order valence-electron chi connectivity index (χ2n) is 5.06. The topological polar surface area (TPSA) is 72.9 Å². The average molecular weight is 385 g/mol. The summed E-state index contributed by atoms with van der Waals surface area (Å²) in [6.07, 6.45) is 0. The molecule has 2 aromatic carbocycles. The van der Waals surface area contributed by atoms with E-state index in [9.17, 15) is 22.0 Å². The number of carbonyl (C=O) groups is 1. The standard InChI is InChI=1S/C17H17F2NO5S/c1-3-25-17(21)11-20(15-7-5-4-6-13(15)18)26(22,23)12-8-9-16(24-2)14(19)10-12/h4-10H,3,11H2,1-2H3. The average Bonchev–Trinajstić information content (AvgIpc) is 2.60. The number of sulfonamides is 1. The molecule has 0 atom stereocenters. The third-order valence-corrected chi connectivity index (χ3v) is 5.17. The molecule has 0 fully saturated rings. The molecule has 2 aromatic rings. The minimum absolute atomic E-state index is 0.0289. The van der Waals surface area contributed by atoms with Crippen LogP contribution in [0.4, 0.5) is 14.5 Å². The van der Waals surface area contributed by atoms with Gasteiger partial charge < -0.3 is 9.47 Å². The van der Waals surface area contributed by atoms with Gasteiger partial charge >= 0.3 is 5.97 Å². The highest BCUT2D eigenvalue weighted by molar-refractivity contribution is 7.92. The number of methoxy groups -OCH3 is 1. The number of halogens is 2. The highest BCUT2D eigenvalue weighted by atomic mass is 32.2. The Morgan fingerprint density at radius 1 is 1.12 bits per heavy atom. The molecule has 0 bridgehead atoms. The second-order valence-corrected chi connectivity index (χ2v) is 6.93. The Morgan fingerprint density at radius 3 is 2.38 bits per heavy atom. The Labute approximate surface area is 150 Å². The molecule has 0 aromatic heterocycles. The number of nitrogens with zero attached hydrogens (tertiary/aromatic N) is 1. The van der Waals surface area contributed by atoms with Gasteiger partial charge in [-0.25, -0.2) is 17.2 Å². The number of benzene rings is 2. The molecule has 0 amide bonds. The van der Waals surface area contributed by atoms with Gasteiger partial charge in [-0.1, -0.05) is 12.1 Å². The number of para-hydroxylation sites is 1. The van der Waals surface area contributed by atoms with Crippen LogP contribution in [0.1, 0.15) is 6.92 Å². The fourth-order valence-electron chi connectivity index (χ4n) is 2.21. The molecule has 0 radical (unpaired) electrons. The van der Waals surface area contributed by atoms with Gasteiger partial charge in [0.2, 0.25) is 0 Å². The van der Waals surface area contributed by atoms with Gasteiger partial charge in [-0.05, 0) is 37.3 Å². The van der Waals surface area contributed by atoms with Crippen LogP contribution in [-0.4, -0.2) is 34.6 Å². The lowest BCUT2D eigenvalue weighted by Crippen LogP contribution is -2.37. The van der Waals surface area contributed by atoms with Crippen molar-refractivity contribution in [2.24, 2.45) is 0 Å². The fraction of sp³-hybridized carbons (Fsp3) is 0.235. The molecule has 0 heterocycles. The largest absolute Gasteiger partial charge is 0.494 e. The molecule has 0 aliphatic carbocycles. The number of rotatable bonds is 7. The second kappa shape index (κ2) is 8.13. The highest BCUT2D eigenvalue weighted by Gasteiger charge is 2.30. The van der Waals surface area contributed by atoms with Gasteiger partial charge in [-0.15, -0.1) is 0 Å². The molecule has 0 aliphatic rings. The highest BCUT2D eigenvalue weighted by Crippen LogP contribution is 2.28. The van der Waals surface area contributed by atoms with Crippen LogP contribution in [-0.2, 0) is 19.6 Å². The van der Waals surface area contributed by atoms with Crippen molar-refractivity contribution >= 4 is 21.7 Å². The van der Waals surface area contributed by atoms with Crippen molar-refractivity contribution in [3.63, 3.8) is 0 Å². The first kappa shape index (κ1) is 19.6. The summed E-state index contributed by atoms with van der Waals surface area (Å²) in [4.78, 5) is 11.4. The summed E-state index contributed by atoms with van der Waals surface area (Å²) < 4.78 is 64.0. The van der Waals surface area contributed by atoms with Crippen LogP contribution in [0.25, 0.3) is 0 Å². The third-order valence-electron chi connectivity index (χ3n) is 3.41. The van der Waals surface area contributed by atoms with E-state index in [0.717, 1.165) is 24.3 Å². The minimum atomic E-state index is -4.44. The van der Waals surface area contributed by atoms with Crippen molar-refractivity contribution in [2.75, 3.05) is 24.6 Å².